The SMILES string of the molecule is C=C(C)C(=O)OCCNC(=O)OC1C(C)CC2C(=O)OC1C2C. The summed E-state index contributed by atoms with van der Waals surface area (Å²) in [5, 5.41) is 2.52. The summed E-state index contributed by atoms with van der Waals surface area (Å²) in [7, 11) is 0. The lowest BCUT2D eigenvalue weighted by Gasteiger charge is -2.35. The Kier molecular flexibility index (Phi) is 5.28. The fourth-order valence-corrected chi connectivity index (χ4v) is 3.08. The van der Waals surface area contributed by atoms with E-state index in [4.69, 9.17) is 14.2 Å². The molecule has 1 saturated heterocycles. The van der Waals surface area contributed by atoms with Crippen molar-refractivity contribution in [1.29, 1.82) is 0 Å². The molecule has 2 bridgehead atoms. The van der Waals surface area contributed by atoms with Crippen LogP contribution in [-0.2, 0) is 23.8 Å². The molecule has 5 atom stereocenters. The van der Waals surface area contributed by atoms with Crippen LogP contribution in [0.5, 0.6) is 0 Å². The largest absolute Gasteiger partial charge is 0.460 e. The second-order valence-corrected chi connectivity index (χ2v) is 6.29. The van der Waals surface area contributed by atoms with Crippen molar-refractivity contribution in [3.05, 3.63) is 12.2 Å². The predicted octanol–water partition coefficient (Wildman–Crippen LogP) is 1.42. The van der Waals surface area contributed by atoms with E-state index in [0.29, 0.717) is 12.0 Å². The molecule has 2 aliphatic rings. The number of alkyl carbamates (subject to hydrolysis) is 1. The van der Waals surface area contributed by atoms with E-state index >= 15 is 0 Å². The maximum Gasteiger partial charge on any atom is 0.407 e. The van der Waals surface area contributed by atoms with Crippen LogP contribution in [0.3, 0.4) is 0 Å². The number of nitrogens with one attached hydrogen (secondary N) is 1. The van der Waals surface area contributed by atoms with Crippen LogP contribution in [0.25, 0.3) is 0 Å². The number of carbonyl (C=O) groups is 3. The molecule has 1 N–H and O–H groups in total. The molecular weight excluding hydrogens is 302 g/mol. The zero-order valence-electron chi connectivity index (χ0n) is 13.7. The number of carbonyl (C=O) groups excluding carboxylic acids is 3. The van der Waals surface area contributed by atoms with Gasteiger partial charge in [0.1, 0.15) is 18.8 Å². The first-order valence-electron chi connectivity index (χ1n) is 7.79. The maximum absolute atomic E-state index is 11.9. The number of esters is 2. The van der Waals surface area contributed by atoms with Crippen LogP contribution in [-0.4, -0.2) is 43.4 Å². The normalized spacial score (nSPS) is 32.0. The molecule has 23 heavy (non-hydrogen) atoms. The molecule has 1 heterocycles. The molecular formula is C16H23NO6. The summed E-state index contributed by atoms with van der Waals surface area (Å²) in [5.74, 6) is -0.696. The fourth-order valence-electron chi connectivity index (χ4n) is 3.08. The fraction of sp³-hybridized carbons (Fsp3) is 0.688. The van der Waals surface area contributed by atoms with Crippen LogP contribution in [0.2, 0.25) is 0 Å². The minimum absolute atomic E-state index is 0.0396. The molecule has 5 unspecified atom stereocenters. The van der Waals surface area contributed by atoms with Crippen LogP contribution < -0.4 is 5.32 Å². The highest BCUT2D eigenvalue weighted by molar-refractivity contribution is 5.86. The van der Waals surface area contributed by atoms with Crippen molar-refractivity contribution in [2.45, 2.75) is 39.4 Å². The molecule has 2 fully saturated rings. The van der Waals surface area contributed by atoms with Crippen LogP contribution >= 0.6 is 0 Å². The topological polar surface area (TPSA) is 90.9 Å². The van der Waals surface area contributed by atoms with Gasteiger partial charge in [-0.2, -0.15) is 0 Å². The lowest BCUT2D eigenvalue weighted by Crippen LogP contribution is -2.46. The van der Waals surface area contributed by atoms with E-state index in [1.54, 1.807) is 6.92 Å². The third kappa shape index (κ3) is 3.83. The van der Waals surface area contributed by atoms with E-state index in [2.05, 4.69) is 11.9 Å². The van der Waals surface area contributed by atoms with Gasteiger partial charge < -0.3 is 19.5 Å². The van der Waals surface area contributed by atoms with Crippen LogP contribution in [0.15, 0.2) is 12.2 Å². The summed E-state index contributed by atoms with van der Waals surface area (Å²) in [6.07, 6.45) is -0.791. The number of amides is 1. The van der Waals surface area contributed by atoms with Gasteiger partial charge in [0.15, 0.2) is 0 Å². The van der Waals surface area contributed by atoms with Gasteiger partial charge >= 0.3 is 18.0 Å². The van der Waals surface area contributed by atoms with Gasteiger partial charge in [-0.15, -0.1) is 0 Å². The van der Waals surface area contributed by atoms with Crippen molar-refractivity contribution < 1.29 is 28.6 Å². The van der Waals surface area contributed by atoms with Crippen molar-refractivity contribution in [3.8, 4) is 0 Å². The van der Waals surface area contributed by atoms with Crippen LogP contribution in [0.1, 0.15) is 27.2 Å². The number of ether oxygens (including phenoxy) is 3. The number of hydrogen-bond donors (Lipinski definition) is 1. The molecule has 1 aliphatic carbocycles. The summed E-state index contributed by atoms with van der Waals surface area (Å²) < 4.78 is 15.6. The molecule has 2 rings (SSSR count). The number of fused-ring (bicyclic) bond motifs is 2. The van der Waals surface area contributed by atoms with Gasteiger partial charge in [0, 0.05) is 11.5 Å². The first-order valence-corrected chi connectivity index (χ1v) is 7.79. The lowest BCUT2D eigenvalue weighted by atomic mass is 9.74. The first kappa shape index (κ1) is 17.3. The summed E-state index contributed by atoms with van der Waals surface area (Å²) in [6.45, 7) is 9.08. The van der Waals surface area contributed by atoms with Crippen molar-refractivity contribution in [1.82, 2.24) is 5.32 Å². The molecule has 0 radical (unpaired) electrons. The monoisotopic (exact) mass is 325 g/mol. The van der Waals surface area contributed by atoms with Crippen LogP contribution in [0, 0.1) is 17.8 Å². The minimum atomic E-state index is -0.609. The quantitative estimate of drug-likeness (QED) is 0.356. The number of rotatable bonds is 5. The van der Waals surface area contributed by atoms with Gasteiger partial charge in [0.05, 0.1) is 12.5 Å². The Morgan fingerprint density at radius 1 is 1.39 bits per heavy atom. The van der Waals surface area contributed by atoms with E-state index in [9.17, 15) is 14.4 Å². The Balaban J connectivity index is 1.77. The van der Waals surface area contributed by atoms with E-state index in [1.807, 2.05) is 13.8 Å². The molecule has 0 spiro atoms. The summed E-state index contributed by atoms with van der Waals surface area (Å²) in [6, 6.07) is 0. The molecule has 7 heteroatoms. The Hall–Kier alpha value is -2.05. The van der Waals surface area contributed by atoms with Crippen molar-refractivity contribution in [2.24, 2.45) is 17.8 Å². The first-order chi connectivity index (χ1) is 10.8. The third-order valence-corrected chi connectivity index (χ3v) is 4.41. The molecule has 1 saturated carbocycles. The molecule has 0 aromatic carbocycles. The smallest absolute Gasteiger partial charge is 0.407 e. The van der Waals surface area contributed by atoms with Gasteiger partial charge in [-0.3, -0.25) is 4.79 Å². The zero-order chi connectivity index (χ0) is 17.1. The van der Waals surface area contributed by atoms with Crippen molar-refractivity contribution in [2.75, 3.05) is 13.2 Å². The maximum atomic E-state index is 11.9. The molecule has 1 aliphatic heterocycles. The zero-order valence-corrected chi connectivity index (χ0v) is 13.7. The summed E-state index contributed by atoms with van der Waals surface area (Å²) in [5.41, 5.74) is 0.301. The lowest BCUT2D eigenvalue weighted by molar-refractivity contribution is -0.146. The number of hydrogen-bond acceptors (Lipinski definition) is 6. The van der Waals surface area contributed by atoms with E-state index in [0.717, 1.165) is 0 Å². The van der Waals surface area contributed by atoms with E-state index < -0.39 is 18.2 Å². The Bertz CT molecular complexity index is 517. The summed E-state index contributed by atoms with van der Waals surface area (Å²) >= 11 is 0. The van der Waals surface area contributed by atoms with Crippen LogP contribution in [0.4, 0.5) is 4.79 Å². The van der Waals surface area contributed by atoms with Crippen molar-refractivity contribution in [3.63, 3.8) is 0 Å². The van der Waals surface area contributed by atoms with Gasteiger partial charge in [0.25, 0.3) is 0 Å². The highest BCUT2D eigenvalue weighted by Crippen LogP contribution is 2.43. The van der Waals surface area contributed by atoms with Crippen molar-refractivity contribution >= 4 is 18.0 Å². The highest BCUT2D eigenvalue weighted by Gasteiger charge is 2.53. The van der Waals surface area contributed by atoms with Gasteiger partial charge in [0.2, 0.25) is 0 Å². The molecule has 128 valence electrons. The van der Waals surface area contributed by atoms with E-state index in [-0.39, 0.29) is 43.0 Å². The standard InChI is InChI=1S/C16H23NO6/c1-8(2)14(18)21-6-5-17-16(20)23-12-9(3)7-11-10(4)13(12)22-15(11)19/h9-13H,1,5-7H2,2-4H3,(H,17,20). The third-order valence-electron chi connectivity index (χ3n) is 4.41. The van der Waals surface area contributed by atoms with E-state index in [1.165, 1.54) is 0 Å². The van der Waals surface area contributed by atoms with Gasteiger partial charge in [-0.25, -0.2) is 9.59 Å². The minimum Gasteiger partial charge on any atom is -0.460 e. The Morgan fingerprint density at radius 3 is 2.74 bits per heavy atom. The molecule has 7 nitrogen and oxygen atoms in total. The predicted molar refractivity (Wildman–Crippen MR) is 80.4 cm³/mol. The highest BCUT2D eigenvalue weighted by atomic mass is 16.6. The average molecular weight is 325 g/mol. The Labute approximate surface area is 135 Å². The molecule has 0 aromatic rings. The second-order valence-electron chi connectivity index (χ2n) is 6.29. The Morgan fingerprint density at radius 2 is 2.09 bits per heavy atom. The average Bonchev–Trinajstić information content (AvgIpc) is 2.68. The summed E-state index contributed by atoms with van der Waals surface area (Å²) in [4.78, 5) is 34.8. The van der Waals surface area contributed by atoms with Gasteiger partial charge in [-0.1, -0.05) is 20.4 Å². The second kappa shape index (κ2) is 7.02. The molecule has 1 amide bonds. The molecule has 0 aromatic heterocycles. The van der Waals surface area contributed by atoms with Gasteiger partial charge in [-0.05, 0) is 19.3 Å².